The van der Waals surface area contributed by atoms with Crippen LogP contribution in [-0.2, 0) is 17.4 Å². The Morgan fingerprint density at radius 3 is 2.19 bits per heavy atom. The summed E-state index contributed by atoms with van der Waals surface area (Å²) >= 11 is 0. The van der Waals surface area contributed by atoms with Gasteiger partial charge in [0.2, 0.25) is 5.91 Å². The average Bonchev–Trinajstić information content (AvgIpc) is 2.65. The molecule has 2 aromatic rings. The van der Waals surface area contributed by atoms with Gasteiger partial charge in [-0.15, -0.1) is 0 Å². The Morgan fingerprint density at radius 1 is 1.00 bits per heavy atom. The average molecular weight is 379 g/mol. The number of urea groups is 1. The lowest BCUT2D eigenvalue weighted by Crippen LogP contribution is -2.44. The second-order valence-electron chi connectivity index (χ2n) is 5.81. The molecule has 0 aliphatic rings. The Hall–Kier alpha value is -2.87. The standard InChI is InChI=1S/C19H20F3N3O2/c1-23-18(27)25-17(26)16(14-5-3-2-4-6-14)24-12-11-13-7-9-15(10-8-13)19(20,21)22/h2-10,16,24H,11-12H2,1H3,(H2,23,25,26,27)/t16-/m1/s1. The van der Waals surface area contributed by atoms with Crippen molar-refractivity contribution in [3.8, 4) is 0 Å². The molecular formula is C19H20F3N3O2. The van der Waals surface area contributed by atoms with Crippen LogP contribution in [-0.4, -0.2) is 25.5 Å². The van der Waals surface area contributed by atoms with Gasteiger partial charge in [0.15, 0.2) is 0 Å². The summed E-state index contributed by atoms with van der Waals surface area (Å²) < 4.78 is 37.8. The van der Waals surface area contributed by atoms with Gasteiger partial charge in [-0.05, 0) is 29.7 Å². The van der Waals surface area contributed by atoms with E-state index in [1.807, 2.05) is 0 Å². The smallest absolute Gasteiger partial charge is 0.341 e. The van der Waals surface area contributed by atoms with Crippen molar-refractivity contribution in [1.29, 1.82) is 0 Å². The zero-order chi connectivity index (χ0) is 19.9. The van der Waals surface area contributed by atoms with Gasteiger partial charge < -0.3 is 10.6 Å². The van der Waals surface area contributed by atoms with Crippen LogP contribution in [0.1, 0.15) is 22.7 Å². The van der Waals surface area contributed by atoms with Crippen LogP contribution in [0.4, 0.5) is 18.0 Å². The first-order valence-corrected chi connectivity index (χ1v) is 8.28. The number of carbonyl (C=O) groups is 2. The predicted octanol–water partition coefficient (Wildman–Crippen LogP) is 3.03. The molecule has 1 atom stereocenters. The molecule has 0 aromatic heterocycles. The van der Waals surface area contributed by atoms with Gasteiger partial charge in [-0.25, -0.2) is 4.79 Å². The molecule has 144 valence electrons. The summed E-state index contributed by atoms with van der Waals surface area (Å²) in [5.74, 6) is -0.520. The number of imide groups is 1. The van der Waals surface area contributed by atoms with Crippen LogP contribution in [0.2, 0.25) is 0 Å². The minimum absolute atomic E-state index is 0.339. The van der Waals surface area contributed by atoms with Gasteiger partial charge >= 0.3 is 12.2 Å². The maximum atomic E-state index is 12.6. The van der Waals surface area contributed by atoms with Crippen LogP contribution in [0.5, 0.6) is 0 Å². The lowest BCUT2D eigenvalue weighted by Gasteiger charge is -2.18. The topological polar surface area (TPSA) is 70.2 Å². The minimum Gasteiger partial charge on any atom is -0.341 e. The second-order valence-corrected chi connectivity index (χ2v) is 5.81. The van der Waals surface area contributed by atoms with E-state index >= 15 is 0 Å². The molecule has 5 nitrogen and oxygen atoms in total. The third-order valence-electron chi connectivity index (χ3n) is 3.90. The van der Waals surface area contributed by atoms with Crippen LogP contribution >= 0.6 is 0 Å². The van der Waals surface area contributed by atoms with Crippen molar-refractivity contribution < 1.29 is 22.8 Å². The van der Waals surface area contributed by atoms with E-state index in [9.17, 15) is 22.8 Å². The first kappa shape index (κ1) is 20.4. The molecule has 0 radical (unpaired) electrons. The molecule has 0 aliphatic heterocycles. The van der Waals surface area contributed by atoms with Crippen molar-refractivity contribution in [2.75, 3.05) is 13.6 Å². The summed E-state index contributed by atoms with van der Waals surface area (Å²) in [6.45, 7) is 0.339. The summed E-state index contributed by atoms with van der Waals surface area (Å²) in [5.41, 5.74) is 0.673. The highest BCUT2D eigenvalue weighted by molar-refractivity contribution is 5.97. The van der Waals surface area contributed by atoms with Crippen LogP contribution in [0.25, 0.3) is 0 Å². The highest BCUT2D eigenvalue weighted by Gasteiger charge is 2.29. The van der Waals surface area contributed by atoms with Crippen molar-refractivity contribution >= 4 is 11.9 Å². The summed E-state index contributed by atoms with van der Waals surface area (Å²) in [5, 5.41) is 7.58. The molecule has 0 bridgehead atoms. The zero-order valence-electron chi connectivity index (χ0n) is 14.6. The summed E-state index contributed by atoms with van der Waals surface area (Å²) in [7, 11) is 1.40. The number of halogens is 3. The SMILES string of the molecule is CNC(=O)NC(=O)[C@H](NCCc1ccc(C(F)(F)F)cc1)c1ccccc1. The number of alkyl halides is 3. The number of hydrogen-bond acceptors (Lipinski definition) is 3. The molecule has 0 aliphatic carbocycles. The fourth-order valence-electron chi connectivity index (χ4n) is 2.48. The fraction of sp³-hybridized carbons (Fsp3) is 0.263. The number of carbonyl (C=O) groups excluding carboxylic acids is 2. The molecular weight excluding hydrogens is 359 g/mol. The van der Waals surface area contributed by atoms with Crippen molar-refractivity contribution in [3.63, 3.8) is 0 Å². The molecule has 0 saturated heterocycles. The van der Waals surface area contributed by atoms with Crippen molar-refractivity contribution in [2.45, 2.75) is 18.6 Å². The monoisotopic (exact) mass is 379 g/mol. The van der Waals surface area contributed by atoms with E-state index in [1.165, 1.54) is 19.2 Å². The van der Waals surface area contributed by atoms with Gasteiger partial charge in [0.25, 0.3) is 0 Å². The normalized spacial score (nSPS) is 12.3. The summed E-state index contributed by atoms with van der Waals surface area (Å²) in [6, 6.07) is 12.3. The Bertz CT molecular complexity index is 762. The summed E-state index contributed by atoms with van der Waals surface area (Å²) in [6.07, 6.45) is -3.94. The highest BCUT2D eigenvalue weighted by Crippen LogP contribution is 2.29. The second kappa shape index (κ2) is 9.18. The first-order chi connectivity index (χ1) is 12.8. The maximum Gasteiger partial charge on any atom is 0.416 e. The van der Waals surface area contributed by atoms with Gasteiger partial charge in [-0.1, -0.05) is 42.5 Å². The zero-order valence-corrected chi connectivity index (χ0v) is 14.6. The molecule has 8 heteroatoms. The van der Waals surface area contributed by atoms with Crippen LogP contribution in [0, 0.1) is 0 Å². The van der Waals surface area contributed by atoms with Gasteiger partial charge in [-0.3, -0.25) is 10.1 Å². The van der Waals surface area contributed by atoms with E-state index in [0.29, 0.717) is 24.1 Å². The Labute approximate surface area is 155 Å². The number of hydrogen-bond donors (Lipinski definition) is 3. The van der Waals surface area contributed by atoms with Crippen LogP contribution < -0.4 is 16.0 Å². The number of nitrogens with one attached hydrogen (secondary N) is 3. The molecule has 0 heterocycles. The van der Waals surface area contributed by atoms with Gasteiger partial charge in [0, 0.05) is 13.6 Å². The van der Waals surface area contributed by atoms with Crippen molar-refractivity contribution in [2.24, 2.45) is 0 Å². The third kappa shape index (κ3) is 6.10. The lowest BCUT2D eigenvalue weighted by molar-refractivity contribution is -0.137. The van der Waals surface area contributed by atoms with E-state index in [-0.39, 0.29) is 0 Å². The fourth-order valence-corrected chi connectivity index (χ4v) is 2.48. The van der Waals surface area contributed by atoms with Crippen LogP contribution in [0.15, 0.2) is 54.6 Å². The molecule has 2 aromatic carbocycles. The number of amides is 3. The van der Waals surface area contributed by atoms with Gasteiger partial charge in [-0.2, -0.15) is 13.2 Å². The van der Waals surface area contributed by atoms with Gasteiger partial charge in [0.05, 0.1) is 5.56 Å². The minimum atomic E-state index is -4.37. The highest BCUT2D eigenvalue weighted by atomic mass is 19.4. The van der Waals surface area contributed by atoms with E-state index < -0.39 is 29.7 Å². The number of rotatable bonds is 6. The molecule has 0 unspecified atom stereocenters. The van der Waals surface area contributed by atoms with Gasteiger partial charge in [0.1, 0.15) is 6.04 Å². The maximum absolute atomic E-state index is 12.6. The largest absolute Gasteiger partial charge is 0.416 e. The van der Waals surface area contributed by atoms with E-state index in [4.69, 9.17) is 0 Å². The van der Waals surface area contributed by atoms with Crippen molar-refractivity contribution in [1.82, 2.24) is 16.0 Å². The van der Waals surface area contributed by atoms with E-state index in [1.54, 1.807) is 30.3 Å². The molecule has 3 N–H and O–H groups in total. The lowest BCUT2D eigenvalue weighted by atomic mass is 10.0. The Kier molecular flexibility index (Phi) is 6.95. The first-order valence-electron chi connectivity index (χ1n) is 8.28. The van der Waals surface area contributed by atoms with E-state index in [0.717, 1.165) is 12.1 Å². The Balaban J connectivity index is 2.01. The third-order valence-corrected chi connectivity index (χ3v) is 3.90. The Morgan fingerprint density at radius 2 is 1.63 bits per heavy atom. The summed E-state index contributed by atoms with van der Waals surface area (Å²) in [4.78, 5) is 23.8. The molecule has 27 heavy (non-hydrogen) atoms. The molecule has 0 fully saturated rings. The molecule has 0 spiro atoms. The quantitative estimate of drug-likeness (QED) is 0.723. The number of benzene rings is 2. The van der Waals surface area contributed by atoms with E-state index in [2.05, 4.69) is 16.0 Å². The molecule has 3 amide bonds. The van der Waals surface area contributed by atoms with Crippen molar-refractivity contribution in [3.05, 3.63) is 71.3 Å². The van der Waals surface area contributed by atoms with Crippen LogP contribution in [0.3, 0.4) is 0 Å². The molecule has 0 saturated carbocycles. The molecule has 2 rings (SSSR count). The predicted molar refractivity (Wildman–Crippen MR) is 94.9 cm³/mol.